The smallest absolute Gasteiger partial charge is 0.416 e. The van der Waals surface area contributed by atoms with Gasteiger partial charge >= 0.3 is 6.18 Å². The van der Waals surface area contributed by atoms with Crippen molar-refractivity contribution in [3.8, 4) is 11.5 Å². The van der Waals surface area contributed by atoms with E-state index in [4.69, 9.17) is 33.7 Å². The lowest BCUT2D eigenvalue weighted by Gasteiger charge is -2.12. The van der Waals surface area contributed by atoms with Crippen molar-refractivity contribution in [3.05, 3.63) is 52.0 Å². The lowest BCUT2D eigenvalue weighted by Crippen LogP contribution is -2.06. The van der Waals surface area contributed by atoms with Gasteiger partial charge < -0.3 is 10.5 Å². The average molecular weight is 322 g/mol. The molecule has 0 atom stereocenters. The highest BCUT2D eigenvalue weighted by Crippen LogP contribution is 2.37. The molecule has 0 spiro atoms. The molecule has 0 bridgehead atoms. The number of nitrogen functional groups attached to an aromatic ring is 1. The molecule has 0 aliphatic heterocycles. The summed E-state index contributed by atoms with van der Waals surface area (Å²) < 4.78 is 42.9. The van der Waals surface area contributed by atoms with Crippen LogP contribution in [0.1, 0.15) is 5.56 Å². The molecule has 2 aromatic carbocycles. The molecule has 2 aromatic rings. The fourth-order valence-corrected chi connectivity index (χ4v) is 1.81. The van der Waals surface area contributed by atoms with Gasteiger partial charge in [-0.15, -0.1) is 0 Å². The normalized spacial score (nSPS) is 11.4. The van der Waals surface area contributed by atoms with Crippen LogP contribution in [0.4, 0.5) is 18.9 Å². The standard InChI is InChI=1S/C13H8Cl2F3NO/c14-8-2-3-9(15)12(6-8)20-11-4-1-7(5-10(11)19)13(16,17)18/h1-6H,19H2. The molecule has 0 radical (unpaired) electrons. The molecule has 0 fully saturated rings. The van der Waals surface area contributed by atoms with Crippen molar-refractivity contribution in [2.24, 2.45) is 0 Å². The molecule has 0 aromatic heterocycles. The molecule has 20 heavy (non-hydrogen) atoms. The number of benzene rings is 2. The largest absolute Gasteiger partial charge is 0.454 e. The number of rotatable bonds is 2. The number of nitrogens with two attached hydrogens (primary N) is 1. The van der Waals surface area contributed by atoms with E-state index in [0.717, 1.165) is 18.2 Å². The molecule has 0 heterocycles. The average Bonchev–Trinajstić information content (AvgIpc) is 2.35. The molecule has 0 saturated carbocycles. The van der Waals surface area contributed by atoms with Gasteiger partial charge in [-0.05, 0) is 30.3 Å². The number of hydrogen-bond donors (Lipinski definition) is 1. The summed E-state index contributed by atoms with van der Waals surface area (Å²) in [6.07, 6.45) is -4.46. The fraction of sp³-hybridized carbons (Fsp3) is 0.0769. The highest BCUT2D eigenvalue weighted by Gasteiger charge is 2.31. The van der Waals surface area contributed by atoms with Gasteiger partial charge in [0.2, 0.25) is 0 Å². The van der Waals surface area contributed by atoms with Gasteiger partial charge in [0.05, 0.1) is 16.3 Å². The lowest BCUT2D eigenvalue weighted by atomic mass is 10.2. The van der Waals surface area contributed by atoms with Crippen molar-refractivity contribution in [1.82, 2.24) is 0 Å². The number of halogens is 5. The minimum atomic E-state index is -4.46. The van der Waals surface area contributed by atoms with Gasteiger partial charge in [0.1, 0.15) is 11.5 Å². The Bertz CT molecular complexity index is 644. The first-order chi connectivity index (χ1) is 9.27. The fourth-order valence-electron chi connectivity index (χ4n) is 1.49. The quantitative estimate of drug-likeness (QED) is 0.753. The number of anilines is 1. The molecule has 0 unspecified atom stereocenters. The summed E-state index contributed by atoms with van der Waals surface area (Å²) in [4.78, 5) is 0. The Morgan fingerprint density at radius 1 is 0.950 bits per heavy atom. The monoisotopic (exact) mass is 321 g/mol. The maximum atomic E-state index is 12.5. The van der Waals surface area contributed by atoms with E-state index in [2.05, 4.69) is 0 Å². The van der Waals surface area contributed by atoms with E-state index in [1.165, 1.54) is 12.1 Å². The van der Waals surface area contributed by atoms with E-state index >= 15 is 0 Å². The molecule has 0 aliphatic carbocycles. The predicted octanol–water partition coefficient (Wildman–Crippen LogP) is 5.39. The summed E-state index contributed by atoms with van der Waals surface area (Å²) in [6, 6.07) is 7.33. The zero-order valence-electron chi connectivity index (χ0n) is 9.84. The van der Waals surface area contributed by atoms with Crippen LogP contribution in [0.3, 0.4) is 0 Å². The van der Waals surface area contributed by atoms with Gasteiger partial charge in [0, 0.05) is 11.1 Å². The first kappa shape index (κ1) is 14.8. The van der Waals surface area contributed by atoms with Crippen LogP contribution in [-0.4, -0.2) is 0 Å². The van der Waals surface area contributed by atoms with E-state index in [1.807, 2.05) is 0 Å². The van der Waals surface area contributed by atoms with Crippen molar-refractivity contribution >= 4 is 28.9 Å². The second kappa shape index (κ2) is 5.42. The van der Waals surface area contributed by atoms with E-state index in [1.54, 1.807) is 6.07 Å². The molecule has 2 N–H and O–H groups in total. The molecule has 7 heteroatoms. The third-order valence-corrected chi connectivity index (χ3v) is 3.00. The van der Waals surface area contributed by atoms with E-state index in [-0.39, 0.29) is 22.2 Å². The maximum absolute atomic E-state index is 12.5. The molecule has 0 saturated heterocycles. The molecule has 0 aliphatic rings. The van der Waals surface area contributed by atoms with E-state index < -0.39 is 11.7 Å². The van der Waals surface area contributed by atoms with Gasteiger partial charge in [-0.1, -0.05) is 23.2 Å². The van der Waals surface area contributed by atoms with E-state index in [9.17, 15) is 13.2 Å². The molecular weight excluding hydrogens is 314 g/mol. The highest BCUT2D eigenvalue weighted by atomic mass is 35.5. The van der Waals surface area contributed by atoms with E-state index in [0.29, 0.717) is 5.02 Å². The van der Waals surface area contributed by atoms with Crippen molar-refractivity contribution in [3.63, 3.8) is 0 Å². The van der Waals surface area contributed by atoms with Crippen LogP contribution >= 0.6 is 23.2 Å². The molecule has 106 valence electrons. The van der Waals surface area contributed by atoms with Crippen molar-refractivity contribution in [2.75, 3.05) is 5.73 Å². The third-order valence-electron chi connectivity index (χ3n) is 2.45. The molecule has 0 amide bonds. The van der Waals surface area contributed by atoms with Gasteiger partial charge in [-0.2, -0.15) is 13.2 Å². The van der Waals surface area contributed by atoms with Crippen molar-refractivity contribution in [2.45, 2.75) is 6.18 Å². The Kier molecular flexibility index (Phi) is 4.01. The van der Waals surface area contributed by atoms with Crippen LogP contribution in [-0.2, 0) is 6.18 Å². The minimum Gasteiger partial charge on any atom is -0.454 e. The minimum absolute atomic E-state index is 0.0715. The summed E-state index contributed by atoms with van der Waals surface area (Å²) >= 11 is 11.7. The van der Waals surface area contributed by atoms with Crippen LogP contribution in [0.25, 0.3) is 0 Å². The van der Waals surface area contributed by atoms with Crippen LogP contribution in [0.15, 0.2) is 36.4 Å². The number of hydrogen-bond acceptors (Lipinski definition) is 2. The second-order valence-electron chi connectivity index (χ2n) is 3.93. The molecular formula is C13H8Cl2F3NO. The second-order valence-corrected chi connectivity index (χ2v) is 4.77. The zero-order chi connectivity index (χ0) is 14.9. The third kappa shape index (κ3) is 3.29. The SMILES string of the molecule is Nc1cc(C(F)(F)F)ccc1Oc1cc(Cl)ccc1Cl. The van der Waals surface area contributed by atoms with Gasteiger partial charge in [0.15, 0.2) is 0 Å². The van der Waals surface area contributed by atoms with Gasteiger partial charge in [-0.25, -0.2) is 0 Å². The summed E-state index contributed by atoms with van der Waals surface area (Å²) in [7, 11) is 0. The summed E-state index contributed by atoms with van der Waals surface area (Å²) in [5, 5.41) is 0.656. The summed E-state index contributed by atoms with van der Waals surface area (Å²) in [6.45, 7) is 0. The first-order valence-corrected chi connectivity index (χ1v) is 6.12. The van der Waals surface area contributed by atoms with Gasteiger partial charge in [-0.3, -0.25) is 0 Å². The van der Waals surface area contributed by atoms with Crippen molar-refractivity contribution in [1.29, 1.82) is 0 Å². The predicted molar refractivity (Wildman–Crippen MR) is 72.4 cm³/mol. The highest BCUT2D eigenvalue weighted by molar-refractivity contribution is 6.34. The van der Waals surface area contributed by atoms with Crippen molar-refractivity contribution < 1.29 is 17.9 Å². The molecule has 2 rings (SSSR count). The Balaban J connectivity index is 2.33. The Hall–Kier alpha value is -1.59. The Morgan fingerprint density at radius 2 is 1.65 bits per heavy atom. The van der Waals surface area contributed by atoms with Crippen LogP contribution in [0.5, 0.6) is 11.5 Å². The first-order valence-electron chi connectivity index (χ1n) is 5.37. The van der Waals surface area contributed by atoms with Crippen LogP contribution in [0, 0.1) is 0 Å². The number of alkyl halides is 3. The van der Waals surface area contributed by atoms with Gasteiger partial charge in [0.25, 0.3) is 0 Å². The Labute approximate surface area is 122 Å². The van der Waals surface area contributed by atoms with Crippen LogP contribution in [0.2, 0.25) is 10.0 Å². The number of ether oxygens (including phenoxy) is 1. The zero-order valence-corrected chi connectivity index (χ0v) is 11.4. The summed E-state index contributed by atoms with van der Waals surface area (Å²) in [5.41, 5.74) is 4.56. The topological polar surface area (TPSA) is 35.2 Å². The lowest BCUT2D eigenvalue weighted by molar-refractivity contribution is -0.137. The Morgan fingerprint density at radius 3 is 2.25 bits per heavy atom. The van der Waals surface area contributed by atoms with Crippen LogP contribution < -0.4 is 10.5 Å². The maximum Gasteiger partial charge on any atom is 0.416 e. The summed E-state index contributed by atoms with van der Waals surface area (Å²) in [5.74, 6) is 0.285. The molecule has 2 nitrogen and oxygen atoms in total.